The number of aryl methyl sites for hydroxylation is 1. The lowest BCUT2D eigenvalue weighted by atomic mass is 10.0. The smallest absolute Gasteiger partial charge is 0.172 e. The maximum atomic E-state index is 12.4. The lowest BCUT2D eigenvalue weighted by Gasteiger charge is -2.00. The first-order valence-corrected chi connectivity index (χ1v) is 6.12. The molecule has 2 aromatic heterocycles. The number of benzene rings is 1. The molecule has 0 atom stereocenters. The molecule has 0 bridgehead atoms. The van der Waals surface area contributed by atoms with Crippen LogP contribution in [-0.4, -0.2) is 20.7 Å². The lowest BCUT2D eigenvalue weighted by Crippen LogP contribution is -2.07. The molecule has 0 amide bonds. The number of ketones is 1. The van der Waals surface area contributed by atoms with Gasteiger partial charge in [-0.25, -0.2) is 9.97 Å². The molecule has 1 N–H and O–H groups in total. The minimum absolute atomic E-state index is 0.0427. The first-order valence-electron chi connectivity index (χ1n) is 6.12. The van der Waals surface area contributed by atoms with E-state index in [1.807, 2.05) is 31.2 Å². The molecule has 2 heterocycles. The van der Waals surface area contributed by atoms with Gasteiger partial charge in [-0.2, -0.15) is 0 Å². The van der Waals surface area contributed by atoms with Crippen molar-refractivity contribution in [3.8, 4) is 0 Å². The normalized spacial score (nSPS) is 10.8. The molecule has 0 aliphatic carbocycles. The first-order chi connectivity index (χ1) is 9.25. The summed E-state index contributed by atoms with van der Waals surface area (Å²) < 4.78 is 0. The topological polar surface area (TPSA) is 58.6 Å². The van der Waals surface area contributed by atoms with Crippen molar-refractivity contribution in [2.45, 2.75) is 13.3 Å². The van der Waals surface area contributed by atoms with E-state index in [0.717, 1.165) is 22.2 Å². The molecule has 19 heavy (non-hydrogen) atoms. The molecular formula is C15H13N3O. The number of nitrogens with one attached hydrogen (secondary N) is 1. The summed E-state index contributed by atoms with van der Waals surface area (Å²) in [6.45, 7) is 1.92. The number of fused-ring (bicyclic) bond motifs is 1. The number of carbonyl (C=O) groups excluding carboxylic acids is 1. The number of nitrogens with zero attached hydrogens (tertiary/aromatic N) is 2. The quantitative estimate of drug-likeness (QED) is 0.728. The van der Waals surface area contributed by atoms with Gasteiger partial charge in [-0.1, -0.05) is 18.2 Å². The highest BCUT2D eigenvalue weighted by atomic mass is 16.1. The van der Waals surface area contributed by atoms with Crippen molar-refractivity contribution in [2.24, 2.45) is 0 Å². The fourth-order valence-electron chi connectivity index (χ4n) is 2.29. The van der Waals surface area contributed by atoms with Crippen molar-refractivity contribution in [1.82, 2.24) is 15.0 Å². The molecule has 0 saturated carbocycles. The van der Waals surface area contributed by atoms with Gasteiger partial charge in [0.2, 0.25) is 0 Å². The molecule has 1 aromatic carbocycles. The summed E-state index contributed by atoms with van der Waals surface area (Å²) in [5.74, 6) is 0.596. The number of Topliss-reactive ketones (excluding diaryl/α,β-unsaturated/α-hetero) is 1. The van der Waals surface area contributed by atoms with E-state index in [1.54, 1.807) is 18.5 Å². The Morgan fingerprint density at radius 1 is 1.16 bits per heavy atom. The summed E-state index contributed by atoms with van der Waals surface area (Å²) in [6, 6.07) is 9.55. The molecule has 0 unspecified atom stereocenters. The fraction of sp³-hybridized carbons (Fsp3) is 0.133. The second-order valence-electron chi connectivity index (χ2n) is 4.44. The van der Waals surface area contributed by atoms with Gasteiger partial charge < -0.3 is 4.98 Å². The van der Waals surface area contributed by atoms with Crippen LogP contribution in [0.1, 0.15) is 21.9 Å². The molecule has 0 saturated heterocycles. The van der Waals surface area contributed by atoms with E-state index in [4.69, 9.17) is 0 Å². The molecule has 0 aliphatic heterocycles. The molecule has 4 nitrogen and oxygen atoms in total. The highest BCUT2D eigenvalue weighted by Crippen LogP contribution is 2.22. The number of H-pyrrole nitrogens is 1. The van der Waals surface area contributed by atoms with Crippen LogP contribution >= 0.6 is 0 Å². The Hall–Kier alpha value is -2.49. The minimum atomic E-state index is 0.0427. The summed E-state index contributed by atoms with van der Waals surface area (Å²) in [5, 5.41) is 0.959. The van der Waals surface area contributed by atoms with Gasteiger partial charge in [0, 0.05) is 34.6 Å². The number of carbonyl (C=O) groups is 1. The Morgan fingerprint density at radius 3 is 2.68 bits per heavy atom. The second-order valence-corrected chi connectivity index (χ2v) is 4.44. The van der Waals surface area contributed by atoms with E-state index >= 15 is 0 Å². The van der Waals surface area contributed by atoms with Gasteiger partial charge in [-0.15, -0.1) is 0 Å². The van der Waals surface area contributed by atoms with Crippen molar-refractivity contribution >= 4 is 16.7 Å². The van der Waals surface area contributed by atoms with Crippen molar-refractivity contribution in [3.63, 3.8) is 0 Å². The third-order valence-electron chi connectivity index (χ3n) is 3.11. The predicted octanol–water partition coefficient (Wildman–Crippen LogP) is 2.69. The van der Waals surface area contributed by atoms with Crippen molar-refractivity contribution < 1.29 is 4.79 Å². The van der Waals surface area contributed by atoms with Gasteiger partial charge in [-0.3, -0.25) is 4.79 Å². The highest BCUT2D eigenvalue weighted by Gasteiger charge is 2.16. The van der Waals surface area contributed by atoms with Crippen LogP contribution in [-0.2, 0) is 6.42 Å². The van der Waals surface area contributed by atoms with E-state index in [1.165, 1.54) is 0 Å². The van der Waals surface area contributed by atoms with Crippen LogP contribution in [0.2, 0.25) is 0 Å². The summed E-state index contributed by atoms with van der Waals surface area (Å²) in [4.78, 5) is 23.8. The molecule has 0 spiro atoms. The third kappa shape index (κ3) is 2.12. The summed E-state index contributed by atoms with van der Waals surface area (Å²) in [6.07, 6.45) is 3.53. The van der Waals surface area contributed by atoms with Crippen LogP contribution in [0.25, 0.3) is 10.9 Å². The highest BCUT2D eigenvalue weighted by molar-refractivity contribution is 6.09. The van der Waals surface area contributed by atoms with Crippen LogP contribution < -0.4 is 0 Å². The Morgan fingerprint density at radius 2 is 1.89 bits per heavy atom. The van der Waals surface area contributed by atoms with Crippen LogP contribution in [0, 0.1) is 6.92 Å². The maximum Gasteiger partial charge on any atom is 0.172 e. The lowest BCUT2D eigenvalue weighted by molar-refractivity contribution is 0.0992. The zero-order chi connectivity index (χ0) is 13.2. The van der Waals surface area contributed by atoms with Crippen molar-refractivity contribution in [2.75, 3.05) is 0 Å². The monoisotopic (exact) mass is 251 g/mol. The molecule has 4 heteroatoms. The van der Waals surface area contributed by atoms with E-state index in [0.29, 0.717) is 5.82 Å². The second kappa shape index (κ2) is 4.65. The first kappa shape index (κ1) is 11.6. The number of rotatable bonds is 3. The number of aromatic nitrogens is 3. The molecule has 3 rings (SSSR count). The van der Waals surface area contributed by atoms with Crippen LogP contribution in [0.5, 0.6) is 0 Å². The average Bonchev–Trinajstić information content (AvgIpc) is 2.75. The number of aromatic amines is 1. The fourth-order valence-corrected chi connectivity index (χ4v) is 2.29. The zero-order valence-corrected chi connectivity index (χ0v) is 10.6. The van der Waals surface area contributed by atoms with Gasteiger partial charge in [0.15, 0.2) is 5.78 Å². The average molecular weight is 251 g/mol. The Balaban J connectivity index is 2.00. The van der Waals surface area contributed by atoms with Crippen molar-refractivity contribution in [1.29, 1.82) is 0 Å². The molecule has 0 fully saturated rings. The Bertz CT molecular complexity index is 731. The van der Waals surface area contributed by atoms with E-state index < -0.39 is 0 Å². The van der Waals surface area contributed by atoms with E-state index in [-0.39, 0.29) is 12.2 Å². The van der Waals surface area contributed by atoms with E-state index in [9.17, 15) is 4.79 Å². The Labute approximate surface area is 110 Å². The zero-order valence-electron chi connectivity index (χ0n) is 10.6. The van der Waals surface area contributed by atoms with Gasteiger partial charge >= 0.3 is 0 Å². The van der Waals surface area contributed by atoms with Gasteiger partial charge in [-0.05, 0) is 19.1 Å². The molecule has 3 aromatic rings. The number of para-hydroxylation sites is 1. The molecule has 94 valence electrons. The Kier molecular flexibility index (Phi) is 2.83. The minimum Gasteiger partial charge on any atom is -0.358 e. The largest absolute Gasteiger partial charge is 0.358 e. The number of hydrogen-bond acceptors (Lipinski definition) is 3. The maximum absolute atomic E-state index is 12.4. The van der Waals surface area contributed by atoms with Gasteiger partial charge in [0.1, 0.15) is 5.82 Å². The van der Waals surface area contributed by atoms with Crippen LogP contribution in [0.4, 0.5) is 0 Å². The SMILES string of the molecule is Cc1[nH]c2ccccc2c1C(=O)Cc1ncccn1. The predicted molar refractivity (Wildman–Crippen MR) is 73.1 cm³/mol. The molecule has 0 aliphatic rings. The van der Waals surface area contributed by atoms with Crippen LogP contribution in [0.15, 0.2) is 42.7 Å². The molecule has 0 radical (unpaired) electrons. The van der Waals surface area contributed by atoms with E-state index in [2.05, 4.69) is 15.0 Å². The summed E-state index contributed by atoms with van der Waals surface area (Å²) in [5.41, 5.74) is 2.61. The summed E-state index contributed by atoms with van der Waals surface area (Å²) in [7, 11) is 0. The van der Waals surface area contributed by atoms with Crippen LogP contribution in [0.3, 0.4) is 0 Å². The molecular weight excluding hydrogens is 238 g/mol. The standard InChI is InChI=1S/C15H13N3O/c1-10-15(11-5-2-3-6-12(11)18-10)13(19)9-14-16-7-4-8-17-14/h2-8,18H,9H2,1H3. The van der Waals surface area contributed by atoms with Gasteiger partial charge in [0.25, 0.3) is 0 Å². The summed E-state index contributed by atoms with van der Waals surface area (Å²) >= 11 is 0. The van der Waals surface area contributed by atoms with Crippen molar-refractivity contribution in [3.05, 3.63) is 59.8 Å². The van der Waals surface area contributed by atoms with Gasteiger partial charge in [0.05, 0.1) is 6.42 Å². The number of hydrogen-bond donors (Lipinski definition) is 1. The third-order valence-corrected chi connectivity index (χ3v) is 3.11.